The molecule has 0 bridgehead atoms. The number of nitriles is 1. The zero-order chi connectivity index (χ0) is 26.0. The molecule has 1 saturated heterocycles. The molecule has 186 valence electrons. The molecule has 5 rings (SSSR count). The molecular weight excluding hydrogens is 466 g/mol. The van der Waals surface area contributed by atoms with E-state index < -0.39 is 17.2 Å². The van der Waals surface area contributed by atoms with E-state index in [1.165, 1.54) is 0 Å². The summed E-state index contributed by atoms with van der Waals surface area (Å²) >= 11 is 0. The van der Waals surface area contributed by atoms with E-state index in [9.17, 15) is 14.4 Å². The van der Waals surface area contributed by atoms with Gasteiger partial charge in [-0.05, 0) is 34.7 Å². The Bertz CT molecular complexity index is 1450. The smallest absolute Gasteiger partial charge is 0.309 e. The van der Waals surface area contributed by atoms with Crippen LogP contribution in [0, 0.1) is 22.8 Å². The monoisotopic (exact) mass is 493 g/mol. The predicted octanol–water partition coefficient (Wildman–Crippen LogP) is 2.92. The maximum atomic E-state index is 13.5. The highest BCUT2D eigenvalue weighted by atomic mass is 16.2. The average Bonchev–Trinajstić information content (AvgIpc) is 3.72. The van der Waals surface area contributed by atoms with Crippen molar-refractivity contribution in [2.45, 2.75) is 24.8 Å². The van der Waals surface area contributed by atoms with Gasteiger partial charge < -0.3 is 20.9 Å². The summed E-state index contributed by atoms with van der Waals surface area (Å²) in [6.45, 7) is 1.46. The Morgan fingerprint density at radius 2 is 1.62 bits per heavy atom. The molecule has 1 aliphatic carbocycles. The van der Waals surface area contributed by atoms with Crippen LogP contribution in [0.2, 0.25) is 0 Å². The van der Waals surface area contributed by atoms with Crippen LogP contribution in [-0.2, 0) is 21.5 Å². The first-order valence-electron chi connectivity index (χ1n) is 12.3. The van der Waals surface area contributed by atoms with Crippen LogP contribution in [0.4, 0.5) is 0 Å². The van der Waals surface area contributed by atoms with Gasteiger partial charge in [0.25, 0.3) is 0 Å². The number of amides is 2. The number of fused-ring (bicyclic) bond motifs is 1. The van der Waals surface area contributed by atoms with Crippen molar-refractivity contribution < 1.29 is 14.4 Å². The first kappa shape index (κ1) is 24.2. The molecule has 0 aromatic heterocycles. The van der Waals surface area contributed by atoms with Crippen molar-refractivity contribution in [1.82, 2.24) is 15.5 Å². The Kier molecular flexibility index (Phi) is 6.45. The third kappa shape index (κ3) is 4.81. The Hall–Kier alpha value is -4.51. The summed E-state index contributed by atoms with van der Waals surface area (Å²) < 4.78 is 0. The van der Waals surface area contributed by atoms with Gasteiger partial charge in [-0.25, -0.2) is 0 Å². The molecule has 2 amide bonds. The number of Topliss-reactive ketones (excluding diaryl/α,β-unsaturated/α-hetero) is 1. The second-order valence-corrected chi connectivity index (χ2v) is 9.77. The van der Waals surface area contributed by atoms with Gasteiger partial charge >= 0.3 is 11.8 Å². The SMILES string of the molecule is N#CN1CC(CNC(=O)C(=O)NCc2ccccc2C(=O)C(=N)C2(c3ccc4ccccc4c3)CC2)C1. The van der Waals surface area contributed by atoms with E-state index in [1.807, 2.05) is 42.6 Å². The molecule has 0 unspecified atom stereocenters. The van der Waals surface area contributed by atoms with E-state index in [2.05, 4.69) is 16.7 Å². The van der Waals surface area contributed by atoms with Gasteiger partial charge in [-0.3, -0.25) is 14.4 Å². The fourth-order valence-corrected chi connectivity index (χ4v) is 4.90. The van der Waals surface area contributed by atoms with Crippen LogP contribution in [0.15, 0.2) is 66.7 Å². The molecule has 3 aromatic carbocycles. The van der Waals surface area contributed by atoms with Gasteiger partial charge in [-0.2, -0.15) is 5.26 Å². The molecule has 37 heavy (non-hydrogen) atoms. The molecule has 0 radical (unpaired) electrons. The van der Waals surface area contributed by atoms with Crippen LogP contribution in [0.25, 0.3) is 10.8 Å². The number of carbonyl (C=O) groups is 3. The number of hydrogen-bond acceptors (Lipinski definition) is 6. The van der Waals surface area contributed by atoms with Crippen molar-refractivity contribution in [2.24, 2.45) is 5.92 Å². The second kappa shape index (κ2) is 9.86. The lowest BCUT2D eigenvalue weighted by Crippen LogP contribution is -2.50. The van der Waals surface area contributed by atoms with Gasteiger partial charge in [-0.1, -0.05) is 66.7 Å². The van der Waals surface area contributed by atoms with Crippen LogP contribution in [0.3, 0.4) is 0 Å². The van der Waals surface area contributed by atoms with Crippen LogP contribution in [0.1, 0.15) is 34.3 Å². The Balaban J connectivity index is 1.24. The lowest BCUT2D eigenvalue weighted by atomic mass is 9.84. The minimum absolute atomic E-state index is 0.00391. The van der Waals surface area contributed by atoms with Crippen molar-refractivity contribution in [3.63, 3.8) is 0 Å². The van der Waals surface area contributed by atoms with Crippen molar-refractivity contribution in [3.05, 3.63) is 83.4 Å². The van der Waals surface area contributed by atoms with Crippen LogP contribution in [-0.4, -0.2) is 47.8 Å². The fraction of sp³-hybridized carbons (Fsp3) is 0.276. The van der Waals surface area contributed by atoms with E-state index in [0.29, 0.717) is 30.8 Å². The zero-order valence-electron chi connectivity index (χ0n) is 20.3. The van der Waals surface area contributed by atoms with Gasteiger partial charge in [0.1, 0.15) is 0 Å². The highest BCUT2D eigenvalue weighted by molar-refractivity contribution is 6.48. The van der Waals surface area contributed by atoms with Crippen molar-refractivity contribution in [3.8, 4) is 6.19 Å². The standard InChI is InChI=1S/C29H27N5O3/c30-18-34-16-19(17-34)14-32-27(36)28(37)33-15-22-7-3-4-8-24(22)25(35)26(31)29(11-12-29)23-10-9-20-5-1-2-6-21(20)13-23/h1-10,13,19,31H,11-12,14-17H2,(H,32,36)(H,33,37). The number of nitrogens with zero attached hydrogens (tertiary/aromatic N) is 2. The third-order valence-electron chi connectivity index (χ3n) is 7.32. The number of hydrogen-bond donors (Lipinski definition) is 3. The summed E-state index contributed by atoms with van der Waals surface area (Å²) in [6, 6.07) is 21.0. The third-order valence-corrected chi connectivity index (χ3v) is 7.32. The lowest BCUT2D eigenvalue weighted by molar-refractivity contribution is -0.139. The van der Waals surface area contributed by atoms with E-state index >= 15 is 0 Å². The maximum absolute atomic E-state index is 13.5. The van der Waals surface area contributed by atoms with E-state index in [-0.39, 0.29) is 24.0 Å². The summed E-state index contributed by atoms with van der Waals surface area (Å²) in [4.78, 5) is 39.6. The molecule has 8 nitrogen and oxygen atoms in total. The first-order chi connectivity index (χ1) is 17.9. The van der Waals surface area contributed by atoms with Crippen LogP contribution in [0.5, 0.6) is 0 Å². The number of carbonyl (C=O) groups excluding carboxylic acids is 3. The largest absolute Gasteiger partial charge is 0.347 e. The summed E-state index contributed by atoms with van der Waals surface area (Å²) in [7, 11) is 0. The molecule has 3 aromatic rings. The molecule has 0 spiro atoms. The number of rotatable bonds is 8. The minimum atomic E-state index is -0.788. The molecule has 3 N–H and O–H groups in total. The number of ketones is 1. The molecule has 8 heteroatoms. The molecule has 1 aliphatic heterocycles. The second-order valence-electron chi connectivity index (χ2n) is 9.77. The molecular formula is C29H27N5O3. The number of benzene rings is 3. The molecule has 0 atom stereocenters. The van der Waals surface area contributed by atoms with Gasteiger partial charge in [0.2, 0.25) is 5.78 Å². The van der Waals surface area contributed by atoms with E-state index in [1.54, 1.807) is 29.2 Å². The molecule has 2 fully saturated rings. The normalized spacial score (nSPS) is 15.8. The minimum Gasteiger partial charge on any atom is -0.347 e. The fourth-order valence-electron chi connectivity index (χ4n) is 4.90. The highest BCUT2D eigenvalue weighted by Crippen LogP contribution is 2.50. The van der Waals surface area contributed by atoms with Gasteiger partial charge in [-0.15, -0.1) is 0 Å². The van der Waals surface area contributed by atoms with Crippen LogP contribution < -0.4 is 10.6 Å². The van der Waals surface area contributed by atoms with Crippen molar-refractivity contribution in [2.75, 3.05) is 19.6 Å². The Labute approximate surface area is 214 Å². The van der Waals surface area contributed by atoms with E-state index in [4.69, 9.17) is 10.7 Å². The molecule has 2 aliphatic rings. The molecule has 1 saturated carbocycles. The topological polar surface area (TPSA) is 126 Å². The summed E-state index contributed by atoms with van der Waals surface area (Å²) in [5.74, 6) is -1.76. The quantitative estimate of drug-likeness (QED) is 0.193. The Morgan fingerprint density at radius 1 is 0.946 bits per heavy atom. The predicted molar refractivity (Wildman–Crippen MR) is 139 cm³/mol. The summed E-state index contributed by atoms with van der Waals surface area (Å²) in [5, 5.41) is 25.0. The van der Waals surface area contributed by atoms with E-state index in [0.717, 1.165) is 29.2 Å². The van der Waals surface area contributed by atoms with Gasteiger partial charge in [0.05, 0.1) is 5.71 Å². The molecule has 1 heterocycles. The lowest BCUT2D eigenvalue weighted by Gasteiger charge is -2.34. The number of likely N-dealkylation sites (tertiary alicyclic amines) is 1. The zero-order valence-corrected chi connectivity index (χ0v) is 20.3. The maximum Gasteiger partial charge on any atom is 0.309 e. The van der Waals surface area contributed by atoms with Gasteiger partial charge in [0, 0.05) is 43.1 Å². The van der Waals surface area contributed by atoms with Crippen LogP contribution >= 0.6 is 0 Å². The summed E-state index contributed by atoms with van der Waals surface area (Å²) in [5.41, 5.74) is 1.32. The highest BCUT2D eigenvalue weighted by Gasteiger charge is 2.51. The average molecular weight is 494 g/mol. The van der Waals surface area contributed by atoms with Gasteiger partial charge in [0.15, 0.2) is 6.19 Å². The Morgan fingerprint density at radius 3 is 2.35 bits per heavy atom. The van der Waals surface area contributed by atoms with Crippen molar-refractivity contribution in [1.29, 1.82) is 10.7 Å². The first-order valence-corrected chi connectivity index (χ1v) is 12.3. The van der Waals surface area contributed by atoms with Crippen molar-refractivity contribution >= 4 is 34.1 Å². The summed E-state index contributed by atoms with van der Waals surface area (Å²) in [6.07, 6.45) is 3.51. The number of nitrogens with one attached hydrogen (secondary N) is 3.